The first-order valence-electron chi connectivity index (χ1n) is 15.4. The molecule has 1 aliphatic rings. The van der Waals surface area contributed by atoms with Gasteiger partial charge in [0.15, 0.2) is 0 Å². The lowest BCUT2D eigenvalue weighted by Gasteiger charge is -2.30. The smallest absolute Gasteiger partial charge is 0.122 e. The number of benzene rings is 3. The molecule has 0 saturated heterocycles. The first-order valence-corrected chi connectivity index (χ1v) is 15.4. The van der Waals surface area contributed by atoms with Gasteiger partial charge in [-0.2, -0.15) is 0 Å². The average Bonchev–Trinajstić information content (AvgIpc) is 2.98. The molecule has 1 nitrogen and oxygen atoms in total. The lowest BCUT2D eigenvalue weighted by molar-refractivity contribution is 0.127. The summed E-state index contributed by atoms with van der Waals surface area (Å²) in [6.45, 7) is 12.3. The van der Waals surface area contributed by atoms with Crippen LogP contribution < -0.4 is 4.74 Å². The van der Waals surface area contributed by atoms with Crippen LogP contribution in [0.15, 0.2) is 66.7 Å². The standard InChI is InChI=1S/C37H50O/c1-6-31-26-35(24-25-36(31)38-27-37(7-2,8-3)9-4)34-22-20-33(21-23-34)32-18-16-30(17-19-32)15-14-29-12-10-28(5)11-13-29/h16-26,28-29H,6-15,27H2,1-5H3. The molecule has 4 rings (SSSR count). The number of hydrogen-bond acceptors (Lipinski definition) is 1. The van der Waals surface area contributed by atoms with Gasteiger partial charge in [0.05, 0.1) is 6.61 Å². The molecule has 1 heteroatoms. The highest BCUT2D eigenvalue weighted by molar-refractivity contribution is 5.71. The Kier molecular flexibility index (Phi) is 10.1. The van der Waals surface area contributed by atoms with Crippen molar-refractivity contribution in [3.63, 3.8) is 0 Å². The van der Waals surface area contributed by atoms with Crippen molar-refractivity contribution in [1.29, 1.82) is 0 Å². The molecular formula is C37H50O. The van der Waals surface area contributed by atoms with E-state index in [2.05, 4.69) is 101 Å². The monoisotopic (exact) mass is 510 g/mol. The van der Waals surface area contributed by atoms with Gasteiger partial charge in [-0.05, 0) is 95.9 Å². The summed E-state index contributed by atoms with van der Waals surface area (Å²) in [4.78, 5) is 0. The second-order valence-electron chi connectivity index (χ2n) is 12.0. The average molecular weight is 511 g/mol. The fraction of sp³-hybridized carbons (Fsp3) is 0.514. The van der Waals surface area contributed by atoms with Crippen molar-refractivity contribution in [3.05, 3.63) is 77.9 Å². The van der Waals surface area contributed by atoms with Crippen molar-refractivity contribution in [2.75, 3.05) is 6.61 Å². The molecule has 0 radical (unpaired) electrons. The SMILES string of the molecule is CCc1cc(-c2ccc(-c3ccc(CCC4CCC(C)CC4)cc3)cc2)ccc1OCC(CC)(CC)CC. The van der Waals surface area contributed by atoms with Crippen molar-refractivity contribution >= 4 is 0 Å². The Balaban J connectivity index is 1.38. The number of ether oxygens (including phenoxy) is 1. The van der Waals surface area contributed by atoms with Crippen LogP contribution in [0.2, 0.25) is 0 Å². The Morgan fingerprint density at radius 2 is 1.21 bits per heavy atom. The van der Waals surface area contributed by atoms with Crippen molar-refractivity contribution in [2.24, 2.45) is 17.3 Å². The first kappa shape index (κ1) is 28.5. The Morgan fingerprint density at radius 3 is 1.76 bits per heavy atom. The van der Waals surface area contributed by atoms with E-state index in [0.29, 0.717) is 0 Å². The van der Waals surface area contributed by atoms with Crippen LogP contribution in [0.25, 0.3) is 22.3 Å². The molecule has 0 aliphatic heterocycles. The number of aryl methyl sites for hydroxylation is 2. The molecule has 38 heavy (non-hydrogen) atoms. The summed E-state index contributed by atoms with van der Waals surface area (Å²) in [5.41, 5.74) is 8.17. The highest BCUT2D eigenvalue weighted by Gasteiger charge is 2.25. The van der Waals surface area contributed by atoms with Gasteiger partial charge in [0.1, 0.15) is 5.75 Å². The molecule has 3 aromatic carbocycles. The molecule has 0 unspecified atom stereocenters. The zero-order valence-corrected chi connectivity index (χ0v) is 24.7. The third-order valence-corrected chi connectivity index (χ3v) is 9.71. The van der Waals surface area contributed by atoms with E-state index in [0.717, 1.165) is 49.9 Å². The van der Waals surface area contributed by atoms with E-state index >= 15 is 0 Å². The summed E-state index contributed by atoms with van der Waals surface area (Å²) in [7, 11) is 0. The van der Waals surface area contributed by atoms with Crippen LogP contribution in [0.5, 0.6) is 5.75 Å². The lowest BCUT2D eigenvalue weighted by atomic mass is 9.80. The maximum atomic E-state index is 6.40. The second-order valence-corrected chi connectivity index (χ2v) is 12.0. The normalized spacial score (nSPS) is 17.9. The second kappa shape index (κ2) is 13.5. The van der Waals surface area contributed by atoms with Crippen LogP contribution >= 0.6 is 0 Å². The van der Waals surface area contributed by atoms with Crippen LogP contribution in [-0.4, -0.2) is 6.61 Å². The summed E-state index contributed by atoms with van der Waals surface area (Å²) in [6, 6.07) is 25.1. The Morgan fingerprint density at radius 1 is 0.684 bits per heavy atom. The van der Waals surface area contributed by atoms with Gasteiger partial charge in [0.25, 0.3) is 0 Å². The molecule has 204 valence electrons. The van der Waals surface area contributed by atoms with E-state index in [1.807, 2.05) is 0 Å². The minimum absolute atomic E-state index is 0.284. The van der Waals surface area contributed by atoms with Gasteiger partial charge in [-0.3, -0.25) is 0 Å². The van der Waals surface area contributed by atoms with Gasteiger partial charge in [0.2, 0.25) is 0 Å². The highest BCUT2D eigenvalue weighted by atomic mass is 16.5. The van der Waals surface area contributed by atoms with Crippen molar-refractivity contribution < 1.29 is 4.74 Å². The molecule has 0 amide bonds. The van der Waals surface area contributed by atoms with E-state index in [1.54, 1.807) is 0 Å². The fourth-order valence-corrected chi connectivity index (χ4v) is 6.17. The minimum Gasteiger partial charge on any atom is -0.493 e. The minimum atomic E-state index is 0.284. The molecule has 0 aromatic heterocycles. The third-order valence-electron chi connectivity index (χ3n) is 9.71. The summed E-state index contributed by atoms with van der Waals surface area (Å²) in [6.07, 6.45) is 12.7. The number of rotatable bonds is 12. The zero-order valence-electron chi connectivity index (χ0n) is 24.7. The van der Waals surface area contributed by atoms with E-state index in [-0.39, 0.29) is 5.41 Å². The van der Waals surface area contributed by atoms with E-state index in [4.69, 9.17) is 4.74 Å². The van der Waals surface area contributed by atoms with Crippen molar-refractivity contribution in [1.82, 2.24) is 0 Å². The van der Waals surface area contributed by atoms with Gasteiger partial charge < -0.3 is 4.74 Å². The third kappa shape index (κ3) is 7.10. The van der Waals surface area contributed by atoms with Crippen LogP contribution in [0.4, 0.5) is 0 Å². The molecule has 3 aromatic rings. The maximum absolute atomic E-state index is 6.40. The van der Waals surface area contributed by atoms with Crippen LogP contribution in [0.3, 0.4) is 0 Å². The zero-order chi connectivity index (χ0) is 27.0. The Hall–Kier alpha value is -2.54. The fourth-order valence-electron chi connectivity index (χ4n) is 6.17. The van der Waals surface area contributed by atoms with Gasteiger partial charge >= 0.3 is 0 Å². The molecule has 0 spiro atoms. The topological polar surface area (TPSA) is 9.23 Å². The Labute approximate surface area is 233 Å². The molecular weight excluding hydrogens is 460 g/mol. The van der Waals surface area contributed by atoms with E-state index in [1.165, 1.54) is 71.9 Å². The van der Waals surface area contributed by atoms with Crippen LogP contribution in [0, 0.1) is 17.3 Å². The van der Waals surface area contributed by atoms with Gasteiger partial charge in [-0.25, -0.2) is 0 Å². The van der Waals surface area contributed by atoms with Crippen LogP contribution in [0.1, 0.15) is 97.1 Å². The molecule has 1 aliphatic carbocycles. The largest absolute Gasteiger partial charge is 0.493 e. The predicted octanol–water partition coefficient (Wildman–Crippen LogP) is 10.9. The highest BCUT2D eigenvalue weighted by Crippen LogP contribution is 2.34. The number of hydrogen-bond donors (Lipinski definition) is 0. The Bertz CT molecular complexity index is 1100. The molecule has 0 N–H and O–H groups in total. The van der Waals surface area contributed by atoms with Gasteiger partial charge in [-0.15, -0.1) is 0 Å². The van der Waals surface area contributed by atoms with E-state index < -0.39 is 0 Å². The molecule has 0 heterocycles. The summed E-state index contributed by atoms with van der Waals surface area (Å²) in [5, 5.41) is 0. The lowest BCUT2D eigenvalue weighted by Crippen LogP contribution is -2.26. The van der Waals surface area contributed by atoms with Crippen LogP contribution in [-0.2, 0) is 12.8 Å². The predicted molar refractivity (Wildman–Crippen MR) is 165 cm³/mol. The van der Waals surface area contributed by atoms with Gasteiger partial charge in [-0.1, -0.05) is 115 Å². The summed E-state index contributed by atoms with van der Waals surface area (Å²) >= 11 is 0. The molecule has 0 atom stereocenters. The van der Waals surface area contributed by atoms with Crippen molar-refractivity contribution in [3.8, 4) is 28.0 Å². The van der Waals surface area contributed by atoms with Gasteiger partial charge in [0, 0.05) is 5.41 Å². The molecule has 0 bridgehead atoms. The van der Waals surface area contributed by atoms with Crippen molar-refractivity contribution in [2.45, 2.75) is 98.8 Å². The maximum Gasteiger partial charge on any atom is 0.122 e. The molecule has 1 saturated carbocycles. The summed E-state index contributed by atoms with van der Waals surface area (Å²) in [5.74, 6) is 2.92. The molecule has 1 fully saturated rings. The quantitative estimate of drug-likeness (QED) is 0.235. The summed E-state index contributed by atoms with van der Waals surface area (Å²) < 4.78 is 6.40. The first-order chi connectivity index (χ1) is 18.5. The van der Waals surface area contributed by atoms with E-state index in [9.17, 15) is 0 Å².